The molecule has 0 spiro atoms. The number of alkyl halides is 3. The molecule has 3 heterocycles. The zero-order valence-electron chi connectivity index (χ0n) is 13.4. The number of aliphatic hydroxyl groups is 1. The van der Waals surface area contributed by atoms with E-state index >= 15 is 0 Å². The summed E-state index contributed by atoms with van der Waals surface area (Å²) in [6.07, 6.45) is -1.74. The van der Waals surface area contributed by atoms with Crippen molar-refractivity contribution in [1.82, 2.24) is 24.7 Å². The summed E-state index contributed by atoms with van der Waals surface area (Å²) < 4.78 is 46.5. The third-order valence-electron chi connectivity index (χ3n) is 3.75. The van der Waals surface area contributed by atoms with Crippen molar-refractivity contribution in [3.63, 3.8) is 0 Å². The Morgan fingerprint density at radius 1 is 1.24 bits per heavy atom. The van der Waals surface area contributed by atoms with E-state index < -0.39 is 24.1 Å². The minimum atomic E-state index is -4.94. The SMILES string of the molecule is Cc1cnc(C(O)(CCNc2ncnc3c2cnn3C)C(F)(F)F)o1. The molecule has 0 saturated heterocycles. The number of nitrogens with zero attached hydrogens (tertiary/aromatic N) is 5. The Kier molecular flexibility index (Phi) is 4.11. The summed E-state index contributed by atoms with van der Waals surface area (Å²) in [5, 5.41) is 17.5. The number of aryl methyl sites for hydroxylation is 2. The fraction of sp³-hybridized carbons (Fsp3) is 0.429. The van der Waals surface area contributed by atoms with Gasteiger partial charge in [-0.3, -0.25) is 4.68 Å². The highest BCUT2D eigenvalue weighted by Crippen LogP contribution is 2.41. The minimum Gasteiger partial charge on any atom is -0.443 e. The molecule has 8 nitrogen and oxygen atoms in total. The van der Waals surface area contributed by atoms with E-state index in [0.29, 0.717) is 16.9 Å². The van der Waals surface area contributed by atoms with Gasteiger partial charge in [-0.2, -0.15) is 18.3 Å². The van der Waals surface area contributed by atoms with Crippen molar-refractivity contribution in [3.8, 4) is 0 Å². The molecule has 3 aromatic heterocycles. The fourth-order valence-electron chi connectivity index (χ4n) is 2.38. The molecule has 0 bridgehead atoms. The highest BCUT2D eigenvalue weighted by molar-refractivity contribution is 5.85. The Balaban J connectivity index is 1.80. The van der Waals surface area contributed by atoms with Crippen LogP contribution in [0.2, 0.25) is 0 Å². The lowest BCUT2D eigenvalue weighted by molar-refractivity contribution is -0.275. The lowest BCUT2D eigenvalue weighted by Gasteiger charge is -2.27. The molecular weight excluding hydrogens is 341 g/mol. The van der Waals surface area contributed by atoms with Crippen LogP contribution < -0.4 is 5.32 Å². The van der Waals surface area contributed by atoms with Gasteiger partial charge >= 0.3 is 6.18 Å². The van der Waals surface area contributed by atoms with Crippen LogP contribution in [0.25, 0.3) is 11.0 Å². The molecular formula is C14H15F3N6O2. The molecule has 134 valence electrons. The van der Waals surface area contributed by atoms with E-state index in [1.54, 1.807) is 7.05 Å². The zero-order valence-corrected chi connectivity index (χ0v) is 13.4. The van der Waals surface area contributed by atoms with Crippen LogP contribution in [0.4, 0.5) is 19.0 Å². The van der Waals surface area contributed by atoms with Gasteiger partial charge in [-0.25, -0.2) is 15.0 Å². The highest BCUT2D eigenvalue weighted by atomic mass is 19.4. The van der Waals surface area contributed by atoms with Gasteiger partial charge in [-0.1, -0.05) is 0 Å². The summed E-state index contributed by atoms with van der Waals surface area (Å²) >= 11 is 0. The molecule has 0 aliphatic heterocycles. The monoisotopic (exact) mass is 356 g/mol. The summed E-state index contributed by atoms with van der Waals surface area (Å²) in [4.78, 5) is 11.6. The van der Waals surface area contributed by atoms with E-state index in [1.165, 1.54) is 24.1 Å². The first kappa shape index (κ1) is 17.1. The van der Waals surface area contributed by atoms with Crippen molar-refractivity contribution in [1.29, 1.82) is 0 Å². The molecule has 0 aliphatic rings. The summed E-state index contributed by atoms with van der Waals surface area (Å²) in [6.45, 7) is 1.23. The average molecular weight is 356 g/mol. The number of fused-ring (bicyclic) bond motifs is 1. The Morgan fingerprint density at radius 3 is 2.64 bits per heavy atom. The van der Waals surface area contributed by atoms with Crippen LogP contribution in [0.1, 0.15) is 18.1 Å². The maximum Gasteiger partial charge on any atom is 0.426 e. The highest BCUT2D eigenvalue weighted by Gasteiger charge is 2.58. The van der Waals surface area contributed by atoms with Gasteiger partial charge in [0.2, 0.25) is 11.5 Å². The molecule has 3 aromatic rings. The molecule has 2 N–H and O–H groups in total. The van der Waals surface area contributed by atoms with Gasteiger partial charge in [0.25, 0.3) is 0 Å². The molecule has 0 aromatic carbocycles. The van der Waals surface area contributed by atoms with Gasteiger partial charge in [0.15, 0.2) is 5.65 Å². The van der Waals surface area contributed by atoms with Crippen molar-refractivity contribution < 1.29 is 22.7 Å². The van der Waals surface area contributed by atoms with Gasteiger partial charge in [0.1, 0.15) is 17.9 Å². The number of aromatic nitrogens is 5. The minimum absolute atomic E-state index is 0.179. The number of nitrogens with one attached hydrogen (secondary N) is 1. The van der Waals surface area contributed by atoms with Crippen molar-refractivity contribution in [3.05, 3.63) is 30.4 Å². The molecule has 11 heteroatoms. The van der Waals surface area contributed by atoms with Crippen LogP contribution in [-0.2, 0) is 12.6 Å². The molecule has 0 radical (unpaired) electrons. The lowest BCUT2D eigenvalue weighted by Crippen LogP contribution is -2.44. The van der Waals surface area contributed by atoms with E-state index in [9.17, 15) is 18.3 Å². The first-order valence-electron chi connectivity index (χ1n) is 7.31. The maximum atomic E-state index is 13.4. The van der Waals surface area contributed by atoms with Crippen LogP contribution in [-0.4, -0.2) is 42.6 Å². The van der Waals surface area contributed by atoms with E-state index in [1.807, 2.05) is 0 Å². The maximum absolute atomic E-state index is 13.4. The number of anilines is 1. The van der Waals surface area contributed by atoms with Crippen LogP contribution in [0.15, 0.2) is 23.1 Å². The standard InChI is InChI=1S/C14H15F3N6O2/c1-8-5-19-12(25-8)13(24,14(15,16)17)3-4-18-10-9-6-22-23(2)11(9)21-7-20-10/h5-7,24H,3-4H2,1-2H3,(H,18,20,21). The summed E-state index contributed by atoms with van der Waals surface area (Å²) in [7, 11) is 1.69. The Labute approximate surface area is 139 Å². The number of rotatable bonds is 5. The molecule has 25 heavy (non-hydrogen) atoms. The Hall–Kier alpha value is -2.69. The first-order valence-corrected chi connectivity index (χ1v) is 7.31. The molecule has 0 fully saturated rings. The first-order chi connectivity index (χ1) is 11.7. The molecule has 0 saturated carbocycles. The zero-order chi connectivity index (χ0) is 18.2. The predicted molar refractivity (Wildman–Crippen MR) is 80.6 cm³/mol. The van der Waals surface area contributed by atoms with Crippen LogP contribution in [0, 0.1) is 6.92 Å². The summed E-state index contributed by atoms with van der Waals surface area (Å²) in [5.74, 6) is -0.279. The van der Waals surface area contributed by atoms with E-state index in [2.05, 4.69) is 25.4 Å². The van der Waals surface area contributed by atoms with Crippen molar-refractivity contribution in [2.45, 2.75) is 25.1 Å². The second-order valence-corrected chi connectivity index (χ2v) is 5.54. The van der Waals surface area contributed by atoms with Crippen LogP contribution in [0.3, 0.4) is 0 Å². The quantitative estimate of drug-likeness (QED) is 0.720. The number of hydrogen-bond donors (Lipinski definition) is 2. The summed E-state index contributed by atoms with van der Waals surface area (Å²) in [5.41, 5.74) is -2.66. The molecule has 3 rings (SSSR count). The number of hydrogen-bond acceptors (Lipinski definition) is 7. The Morgan fingerprint density at radius 2 is 2.00 bits per heavy atom. The molecule has 0 amide bonds. The lowest BCUT2D eigenvalue weighted by atomic mass is 9.99. The third kappa shape index (κ3) is 3.02. The predicted octanol–water partition coefficient (Wildman–Crippen LogP) is 1.91. The normalized spacial score (nSPS) is 14.6. The van der Waals surface area contributed by atoms with Gasteiger partial charge in [0.05, 0.1) is 17.8 Å². The van der Waals surface area contributed by atoms with E-state index in [-0.39, 0.29) is 12.3 Å². The van der Waals surface area contributed by atoms with Gasteiger partial charge in [-0.15, -0.1) is 0 Å². The molecule has 1 atom stereocenters. The topological polar surface area (TPSA) is 102 Å². The van der Waals surface area contributed by atoms with Crippen molar-refractivity contribution >= 4 is 16.9 Å². The smallest absolute Gasteiger partial charge is 0.426 e. The van der Waals surface area contributed by atoms with Crippen LogP contribution >= 0.6 is 0 Å². The third-order valence-corrected chi connectivity index (χ3v) is 3.75. The van der Waals surface area contributed by atoms with E-state index in [0.717, 1.165) is 6.20 Å². The Bertz CT molecular complexity index is 890. The molecule has 0 aliphatic carbocycles. The average Bonchev–Trinajstić information content (AvgIpc) is 3.13. The van der Waals surface area contributed by atoms with E-state index in [4.69, 9.17) is 4.42 Å². The van der Waals surface area contributed by atoms with Gasteiger partial charge < -0.3 is 14.8 Å². The largest absolute Gasteiger partial charge is 0.443 e. The van der Waals surface area contributed by atoms with Gasteiger partial charge in [0, 0.05) is 20.0 Å². The number of oxazole rings is 1. The van der Waals surface area contributed by atoms with Gasteiger partial charge in [-0.05, 0) is 6.92 Å². The summed E-state index contributed by atoms with van der Waals surface area (Å²) in [6, 6.07) is 0. The van der Waals surface area contributed by atoms with Crippen molar-refractivity contribution in [2.75, 3.05) is 11.9 Å². The fourth-order valence-corrected chi connectivity index (χ4v) is 2.38. The number of halogens is 3. The second-order valence-electron chi connectivity index (χ2n) is 5.54. The molecule has 1 unspecified atom stereocenters. The second kappa shape index (κ2) is 5.99. The van der Waals surface area contributed by atoms with Crippen molar-refractivity contribution in [2.24, 2.45) is 7.05 Å². The van der Waals surface area contributed by atoms with Crippen LogP contribution in [0.5, 0.6) is 0 Å².